The van der Waals surface area contributed by atoms with Gasteiger partial charge in [0.25, 0.3) is 6.47 Å². The van der Waals surface area contributed by atoms with E-state index in [1.54, 1.807) is 0 Å². The molecule has 0 radical (unpaired) electrons. The molecule has 0 aliphatic rings. The van der Waals surface area contributed by atoms with Crippen LogP contribution in [0.3, 0.4) is 0 Å². The van der Waals surface area contributed by atoms with Crippen LogP contribution in [0.25, 0.3) is 0 Å². The summed E-state index contributed by atoms with van der Waals surface area (Å²) in [5.41, 5.74) is 0. The highest BCUT2D eigenvalue weighted by Gasteiger charge is 1.74. The quantitative estimate of drug-likeness (QED) is 0.315. The number of thiol groups is 1. The minimum atomic E-state index is 0.116. The van der Waals surface area contributed by atoms with Gasteiger partial charge >= 0.3 is 0 Å². The van der Waals surface area contributed by atoms with Gasteiger partial charge in [-0.15, -0.1) is 12.6 Å². The Balaban J connectivity index is 3.05. The number of ether oxygens (including phenoxy) is 1. The van der Waals surface area contributed by atoms with Crippen LogP contribution < -0.4 is 0 Å². The maximum Gasteiger partial charge on any atom is 0.298 e. The van der Waals surface area contributed by atoms with E-state index in [4.69, 9.17) is 0 Å². The fraction of sp³-hybridized carbons (Fsp3) is 0. The third kappa shape index (κ3) is 3.56. The van der Waals surface area contributed by atoms with Crippen LogP contribution in [0.15, 0.2) is 11.7 Å². The Bertz CT molecular complexity index is 69.2. The summed E-state index contributed by atoms with van der Waals surface area (Å²) in [5, 5.41) is 0.116. The van der Waals surface area contributed by atoms with Gasteiger partial charge in [-0.25, -0.2) is 0 Å². The second-order valence-corrected chi connectivity index (χ2v) is 1.11. The highest BCUT2D eigenvalue weighted by atomic mass is 32.1. The fourth-order valence-corrected chi connectivity index (χ4v) is 0.0986. The Hall–Kier alpha value is -0.440. The molecule has 34 valence electrons. The average Bonchev–Trinajstić information content (AvgIpc) is 1.35. The first-order valence-electron chi connectivity index (χ1n) is 1.25. The second kappa shape index (κ2) is 2.78. The van der Waals surface area contributed by atoms with E-state index < -0.39 is 0 Å². The molecule has 0 saturated heterocycles. The summed E-state index contributed by atoms with van der Waals surface area (Å²) < 4.78 is 4.03. The maximum atomic E-state index is 9.28. The molecule has 0 rings (SSSR count). The zero-order valence-electron chi connectivity index (χ0n) is 3.05. The zero-order valence-corrected chi connectivity index (χ0v) is 3.94. The molecule has 0 aromatic carbocycles. The Morgan fingerprint density at radius 1 is 2.00 bits per heavy atom. The molecule has 6 heavy (non-hydrogen) atoms. The smallest absolute Gasteiger partial charge is 0.298 e. The molecular formula is C3H4O2S. The molecule has 0 aliphatic heterocycles. The Labute approximate surface area is 41.2 Å². The van der Waals surface area contributed by atoms with Crippen LogP contribution in [-0.2, 0) is 9.53 Å². The number of carbonyl (C=O) groups is 1. The largest absolute Gasteiger partial charge is 0.423 e. The summed E-state index contributed by atoms with van der Waals surface area (Å²) in [5.74, 6) is 0. The SMILES string of the molecule is C=C(S)OC=O. The summed E-state index contributed by atoms with van der Waals surface area (Å²) in [6, 6.07) is 0. The van der Waals surface area contributed by atoms with Gasteiger partial charge in [-0.3, -0.25) is 4.79 Å². The zero-order chi connectivity index (χ0) is 4.99. The lowest BCUT2D eigenvalue weighted by molar-refractivity contribution is -0.124. The molecule has 2 nitrogen and oxygen atoms in total. The summed E-state index contributed by atoms with van der Waals surface area (Å²) in [6.07, 6.45) is 0. The molecule has 0 unspecified atom stereocenters. The van der Waals surface area contributed by atoms with E-state index in [0.717, 1.165) is 0 Å². The van der Waals surface area contributed by atoms with E-state index in [9.17, 15) is 4.79 Å². The van der Waals surface area contributed by atoms with Gasteiger partial charge in [0.1, 0.15) is 0 Å². The van der Waals surface area contributed by atoms with Crippen molar-refractivity contribution in [3.63, 3.8) is 0 Å². The predicted octanol–water partition coefficient (Wildman–Crippen LogP) is 0.560. The summed E-state index contributed by atoms with van der Waals surface area (Å²) >= 11 is 3.53. The molecule has 0 fully saturated rings. The molecule has 3 heteroatoms. The average molecular weight is 104 g/mol. The molecule has 0 N–H and O–H groups in total. The molecule has 0 aliphatic carbocycles. The van der Waals surface area contributed by atoms with Crippen molar-refractivity contribution < 1.29 is 9.53 Å². The van der Waals surface area contributed by atoms with Gasteiger partial charge in [-0.1, -0.05) is 0 Å². The summed E-state index contributed by atoms with van der Waals surface area (Å²) in [6.45, 7) is 3.43. The van der Waals surface area contributed by atoms with Crippen molar-refractivity contribution in [3.05, 3.63) is 11.7 Å². The molecule has 0 spiro atoms. The van der Waals surface area contributed by atoms with Gasteiger partial charge in [0.15, 0.2) is 5.09 Å². The lowest BCUT2D eigenvalue weighted by Gasteiger charge is -1.84. The molecule has 0 saturated carbocycles. The second-order valence-electron chi connectivity index (χ2n) is 0.608. The van der Waals surface area contributed by atoms with Crippen LogP contribution in [0, 0.1) is 0 Å². The first kappa shape index (κ1) is 5.56. The maximum absolute atomic E-state index is 9.28. The lowest BCUT2D eigenvalue weighted by atomic mass is 11.1. The third-order valence-electron chi connectivity index (χ3n) is 0.184. The normalized spacial score (nSPS) is 6.83. The predicted molar refractivity (Wildman–Crippen MR) is 25.3 cm³/mol. The molecule has 0 atom stereocenters. The van der Waals surface area contributed by atoms with Crippen LogP contribution in [0.1, 0.15) is 0 Å². The van der Waals surface area contributed by atoms with Gasteiger partial charge in [0, 0.05) is 0 Å². The monoisotopic (exact) mass is 104 g/mol. The van der Waals surface area contributed by atoms with Crippen molar-refractivity contribution in [2.75, 3.05) is 0 Å². The van der Waals surface area contributed by atoms with Gasteiger partial charge in [-0.05, 0) is 6.58 Å². The van der Waals surface area contributed by atoms with Crippen molar-refractivity contribution in [2.24, 2.45) is 0 Å². The van der Waals surface area contributed by atoms with Crippen LogP contribution in [-0.4, -0.2) is 6.47 Å². The highest BCUT2D eigenvalue weighted by Crippen LogP contribution is 1.91. The minimum Gasteiger partial charge on any atom is -0.423 e. The van der Waals surface area contributed by atoms with E-state index in [-0.39, 0.29) is 11.6 Å². The molecule has 0 heterocycles. The van der Waals surface area contributed by atoms with Crippen LogP contribution in [0.5, 0.6) is 0 Å². The van der Waals surface area contributed by atoms with Crippen LogP contribution in [0.4, 0.5) is 0 Å². The van der Waals surface area contributed by atoms with E-state index in [0.29, 0.717) is 0 Å². The molecular weight excluding hydrogens is 100 g/mol. The van der Waals surface area contributed by atoms with Crippen molar-refractivity contribution in [1.82, 2.24) is 0 Å². The molecule has 0 bridgehead atoms. The number of hydrogen-bond donors (Lipinski definition) is 1. The summed E-state index contributed by atoms with van der Waals surface area (Å²) in [4.78, 5) is 9.28. The molecule has 0 aromatic heterocycles. The van der Waals surface area contributed by atoms with E-state index in [1.807, 2.05) is 0 Å². The van der Waals surface area contributed by atoms with Crippen LogP contribution >= 0.6 is 12.6 Å². The lowest BCUT2D eigenvalue weighted by Crippen LogP contribution is -1.75. The Kier molecular flexibility index (Phi) is 2.58. The third-order valence-corrected chi connectivity index (χ3v) is 0.290. The Morgan fingerprint density at radius 2 is 2.50 bits per heavy atom. The highest BCUT2D eigenvalue weighted by molar-refractivity contribution is 7.84. The Morgan fingerprint density at radius 3 is 2.50 bits per heavy atom. The fourth-order valence-electron chi connectivity index (χ4n) is 0.0555. The number of hydrogen-bond acceptors (Lipinski definition) is 3. The molecule has 0 aromatic rings. The first-order chi connectivity index (χ1) is 2.77. The van der Waals surface area contributed by atoms with Crippen LogP contribution in [0.2, 0.25) is 0 Å². The van der Waals surface area contributed by atoms with Crippen molar-refractivity contribution in [2.45, 2.75) is 0 Å². The van der Waals surface area contributed by atoms with Gasteiger partial charge < -0.3 is 4.74 Å². The van der Waals surface area contributed by atoms with E-state index in [1.165, 1.54) is 0 Å². The van der Waals surface area contributed by atoms with E-state index >= 15 is 0 Å². The van der Waals surface area contributed by atoms with Crippen molar-refractivity contribution in [1.29, 1.82) is 0 Å². The summed E-state index contributed by atoms with van der Waals surface area (Å²) in [7, 11) is 0. The topological polar surface area (TPSA) is 26.3 Å². The van der Waals surface area contributed by atoms with Gasteiger partial charge in [-0.2, -0.15) is 0 Å². The van der Waals surface area contributed by atoms with E-state index in [2.05, 4.69) is 23.9 Å². The number of rotatable bonds is 2. The molecule has 0 amide bonds. The van der Waals surface area contributed by atoms with Crippen molar-refractivity contribution in [3.8, 4) is 0 Å². The first-order valence-corrected chi connectivity index (χ1v) is 1.70. The van der Waals surface area contributed by atoms with Gasteiger partial charge in [0.05, 0.1) is 0 Å². The standard InChI is InChI=1S/C3H4O2S/c1-3(6)5-2-4/h2,6H,1H2. The van der Waals surface area contributed by atoms with Crippen molar-refractivity contribution >= 4 is 19.1 Å². The minimum absolute atomic E-state index is 0.116. The number of carbonyl (C=O) groups excluding carboxylic acids is 1. The van der Waals surface area contributed by atoms with Gasteiger partial charge in [0.2, 0.25) is 0 Å².